The molecule has 1 heterocycles. The molecule has 1 aromatic heterocycles. The molecular weight excluding hydrogens is 416 g/mol. The van der Waals surface area contributed by atoms with Gasteiger partial charge in [0.1, 0.15) is 12.4 Å². The van der Waals surface area contributed by atoms with Crippen LogP contribution >= 0.6 is 11.6 Å². The topological polar surface area (TPSA) is 103 Å². The second-order valence-corrected chi connectivity index (χ2v) is 7.86. The average Bonchev–Trinajstić information content (AvgIpc) is 2.99. The molecule has 0 atom stereocenters. The van der Waals surface area contributed by atoms with Gasteiger partial charge >= 0.3 is 6.03 Å². The first-order chi connectivity index (χ1) is 14.6. The van der Waals surface area contributed by atoms with E-state index in [1.165, 1.54) is 7.05 Å². The molecule has 0 fully saturated rings. The highest BCUT2D eigenvalue weighted by Gasteiger charge is 2.20. The van der Waals surface area contributed by atoms with Crippen molar-refractivity contribution < 1.29 is 9.53 Å². The summed E-state index contributed by atoms with van der Waals surface area (Å²) in [6, 6.07) is 10.5. The molecule has 0 aliphatic heterocycles. The Hall–Kier alpha value is -3.07. The Balaban J connectivity index is 1.85. The number of nitrogens with zero attached hydrogens (tertiary/aromatic N) is 4. The molecule has 0 saturated heterocycles. The molecular formula is C22H27ClN6O2. The van der Waals surface area contributed by atoms with Crippen LogP contribution in [0.1, 0.15) is 22.4 Å². The first kappa shape index (κ1) is 22.6. The van der Waals surface area contributed by atoms with Crippen molar-refractivity contribution in [3.05, 3.63) is 63.8 Å². The third-order valence-electron chi connectivity index (χ3n) is 5.32. The number of rotatable bonds is 5. The van der Waals surface area contributed by atoms with Gasteiger partial charge in [-0.1, -0.05) is 17.7 Å². The average molecular weight is 443 g/mol. The minimum Gasteiger partial charge on any atom is -0.488 e. The molecule has 0 unspecified atom stereocenters. The minimum absolute atomic E-state index is 0.131. The van der Waals surface area contributed by atoms with E-state index in [2.05, 4.69) is 12.0 Å². The van der Waals surface area contributed by atoms with Crippen LogP contribution in [0.4, 0.5) is 10.5 Å². The number of ether oxygens (including phenoxy) is 1. The van der Waals surface area contributed by atoms with Crippen LogP contribution in [-0.4, -0.2) is 27.9 Å². The number of anilines is 1. The molecule has 0 saturated carbocycles. The molecule has 0 aliphatic rings. The van der Waals surface area contributed by atoms with Crippen LogP contribution in [-0.2, 0) is 13.7 Å². The number of hydrogen-bond acceptors (Lipinski definition) is 5. The summed E-state index contributed by atoms with van der Waals surface area (Å²) in [5.74, 6) is 12.2. The molecule has 3 aromatic rings. The van der Waals surface area contributed by atoms with Gasteiger partial charge in [-0.3, -0.25) is 9.69 Å². The Labute approximate surface area is 186 Å². The van der Waals surface area contributed by atoms with E-state index < -0.39 is 6.03 Å². The van der Waals surface area contributed by atoms with E-state index in [4.69, 9.17) is 28.0 Å². The quantitative estimate of drug-likeness (QED) is 0.355. The summed E-state index contributed by atoms with van der Waals surface area (Å²) >= 11 is 6.37. The molecule has 2 aromatic carbocycles. The maximum absolute atomic E-state index is 12.2. The number of urea groups is 1. The summed E-state index contributed by atoms with van der Waals surface area (Å²) in [4.78, 5) is 12.2. The van der Waals surface area contributed by atoms with E-state index in [0.29, 0.717) is 22.0 Å². The van der Waals surface area contributed by atoms with Crippen molar-refractivity contribution in [3.8, 4) is 17.0 Å². The van der Waals surface area contributed by atoms with Gasteiger partial charge in [-0.25, -0.2) is 21.5 Å². The molecule has 0 bridgehead atoms. The van der Waals surface area contributed by atoms with Crippen LogP contribution in [0, 0.1) is 20.8 Å². The smallest absolute Gasteiger partial charge is 0.352 e. The van der Waals surface area contributed by atoms with E-state index in [1.807, 2.05) is 43.8 Å². The molecule has 9 heteroatoms. The van der Waals surface area contributed by atoms with Crippen molar-refractivity contribution in [2.45, 2.75) is 27.4 Å². The van der Waals surface area contributed by atoms with Gasteiger partial charge in [0.2, 0.25) is 0 Å². The lowest BCUT2D eigenvalue weighted by Crippen LogP contribution is -2.49. The van der Waals surface area contributed by atoms with Crippen LogP contribution in [0.25, 0.3) is 11.3 Å². The zero-order valence-corrected chi connectivity index (χ0v) is 19.1. The Morgan fingerprint density at radius 1 is 1.19 bits per heavy atom. The first-order valence-corrected chi connectivity index (χ1v) is 10.1. The largest absolute Gasteiger partial charge is 0.488 e. The van der Waals surface area contributed by atoms with Crippen LogP contribution in [0.15, 0.2) is 36.4 Å². The van der Waals surface area contributed by atoms with Gasteiger partial charge in [0, 0.05) is 35.9 Å². The van der Waals surface area contributed by atoms with Gasteiger partial charge < -0.3 is 4.74 Å². The summed E-state index contributed by atoms with van der Waals surface area (Å²) in [5, 5.41) is 6.90. The van der Waals surface area contributed by atoms with E-state index in [1.54, 1.807) is 18.2 Å². The number of hydrazine groups is 2. The zero-order chi connectivity index (χ0) is 22.9. The van der Waals surface area contributed by atoms with Gasteiger partial charge in [-0.05, 0) is 62.2 Å². The highest BCUT2D eigenvalue weighted by atomic mass is 35.5. The standard InChI is InChI=1S/C22H27ClN6O2/c1-13-11-16(21-14(2)15(3)28(5)26-21)9-10-20(13)31-12-17-18(23)7-6-8-19(17)29(25)22(30)27(4)24/h6-11H,12,24-25H2,1-5H3. The summed E-state index contributed by atoms with van der Waals surface area (Å²) in [5.41, 5.74) is 6.21. The Bertz CT molecular complexity index is 1130. The predicted molar refractivity (Wildman–Crippen MR) is 123 cm³/mol. The number of amides is 2. The van der Waals surface area contributed by atoms with Crippen molar-refractivity contribution >= 4 is 23.3 Å². The van der Waals surface area contributed by atoms with E-state index in [-0.39, 0.29) is 6.61 Å². The molecule has 0 spiro atoms. The molecule has 0 aliphatic carbocycles. The van der Waals surface area contributed by atoms with Crippen LogP contribution in [0.3, 0.4) is 0 Å². The molecule has 31 heavy (non-hydrogen) atoms. The predicted octanol–water partition coefficient (Wildman–Crippen LogP) is 3.85. The zero-order valence-electron chi connectivity index (χ0n) is 18.3. The lowest BCUT2D eigenvalue weighted by atomic mass is 10.0. The third kappa shape index (κ3) is 4.51. The SMILES string of the molecule is Cc1cc(-c2nn(C)c(C)c2C)ccc1OCc1c(Cl)cccc1N(N)C(=O)N(C)N. The van der Waals surface area contributed by atoms with Gasteiger partial charge in [-0.15, -0.1) is 0 Å². The Morgan fingerprint density at radius 3 is 2.48 bits per heavy atom. The molecule has 2 amide bonds. The molecule has 4 N–H and O–H groups in total. The summed E-state index contributed by atoms with van der Waals surface area (Å²) in [6.45, 7) is 6.21. The Morgan fingerprint density at radius 2 is 1.90 bits per heavy atom. The second-order valence-electron chi connectivity index (χ2n) is 7.45. The number of aryl methyl sites for hydroxylation is 2. The number of nitrogens with two attached hydrogens (primary N) is 2. The van der Waals surface area contributed by atoms with Crippen molar-refractivity contribution in [2.75, 3.05) is 12.1 Å². The van der Waals surface area contributed by atoms with E-state index in [9.17, 15) is 4.79 Å². The van der Waals surface area contributed by atoms with E-state index in [0.717, 1.165) is 38.1 Å². The fourth-order valence-electron chi connectivity index (χ4n) is 3.29. The fourth-order valence-corrected chi connectivity index (χ4v) is 3.51. The monoisotopic (exact) mass is 442 g/mol. The van der Waals surface area contributed by atoms with Crippen LogP contribution < -0.4 is 21.4 Å². The van der Waals surface area contributed by atoms with Gasteiger partial charge in [0.05, 0.1) is 11.4 Å². The number of aromatic nitrogens is 2. The lowest BCUT2D eigenvalue weighted by Gasteiger charge is -2.24. The van der Waals surface area contributed by atoms with Gasteiger partial charge in [-0.2, -0.15) is 5.10 Å². The lowest BCUT2D eigenvalue weighted by molar-refractivity contribution is 0.216. The van der Waals surface area contributed by atoms with Crippen molar-refractivity contribution in [1.82, 2.24) is 14.8 Å². The van der Waals surface area contributed by atoms with Gasteiger partial charge in [0.25, 0.3) is 0 Å². The number of carbonyl (C=O) groups is 1. The molecule has 3 rings (SSSR count). The van der Waals surface area contributed by atoms with Crippen LogP contribution in [0.5, 0.6) is 5.75 Å². The first-order valence-electron chi connectivity index (χ1n) is 9.70. The molecule has 0 radical (unpaired) electrons. The van der Waals surface area contributed by atoms with Crippen LogP contribution in [0.2, 0.25) is 5.02 Å². The van der Waals surface area contributed by atoms with Crippen molar-refractivity contribution in [1.29, 1.82) is 0 Å². The maximum Gasteiger partial charge on any atom is 0.352 e. The molecule has 164 valence electrons. The van der Waals surface area contributed by atoms with Crippen molar-refractivity contribution in [2.24, 2.45) is 18.7 Å². The third-order valence-corrected chi connectivity index (χ3v) is 5.67. The number of carbonyl (C=O) groups excluding carboxylic acids is 1. The minimum atomic E-state index is -0.579. The number of hydrogen-bond donors (Lipinski definition) is 2. The fraction of sp³-hybridized carbons (Fsp3) is 0.273. The van der Waals surface area contributed by atoms with E-state index >= 15 is 0 Å². The summed E-state index contributed by atoms with van der Waals surface area (Å²) in [6.07, 6.45) is 0. The highest BCUT2D eigenvalue weighted by Crippen LogP contribution is 2.31. The maximum atomic E-state index is 12.2. The van der Waals surface area contributed by atoms with Crippen molar-refractivity contribution in [3.63, 3.8) is 0 Å². The second kappa shape index (κ2) is 8.97. The molecule has 8 nitrogen and oxygen atoms in total. The summed E-state index contributed by atoms with van der Waals surface area (Å²) < 4.78 is 7.91. The number of benzene rings is 2. The number of halogens is 1. The highest BCUT2D eigenvalue weighted by molar-refractivity contribution is 6.31. The summed E-state index contributed by atoms with van der Waals surface area (Å²) in [7, 11) is 3.35. The normalized spacial score (nSPS) is 10.8. The van der Waals surface area contributed by atoms with Gasteiger partial charge in [0.15, 0.2) is 0 Å². The Kier molecular flexibility index (Phi) is 6.54.